The van der Waals surface area contributed by atoms with Crippen molar-refractivity contribution < 1.29 is 9.18 Å². The summed E-state index contributed by atoms with van der Waals surface area (Å²) in [5.74, 6) is 1.08. The quantitative estimate of drug-likeness (QED) is 0.669. The minimum atomic E-state index is -0.433. The first-order valence-corrected chi connectivity index (χ1v) is 9.78. The Hall–Kier alpha value is -2.60. The molecule has 2 aromatic carbocycles. The molecule has 0 fully saturated rings. The average Bonchev–Trinajstić information content (AvgIpc) is 3.11. The van der Waals surface area contributed by atoms with Gasteiger partial charge in [0.25, 0.3) is 0 Å². The molecule has 27 heavy (non-hydrogen) atoms. The molecule has 0 saturated carbocycles. The van der Waals surface area contributed by atoms with Crippen molar-refractivity contribution in [3.63, 3.8) is 0 Å². The predicted molar refractivity (Wildman–Crippen MR) is 107 cm³/mol. The lowest BCUT2D eigenvalue weighted by Crippen LogP contribution is -2.36. The van der Waals surface area contributed by atoms with Gasteiger partial charge in [-0.2, -0.15) is 0 Å². The Balaban J connectivity index is 1.72. The molecule has 1 heterocycles. The van der Waals surface area contributed by atoms with Gasteiger partial charge in [-0.15, -0.1) is 11.8 Å². The van der Waals surface area contributed by atoms with Crippen molar-refractivity contribution >= 4 is 17.7 Å². The summed E-state index contributed by atoms with van der Waals surface area (Å²) in [6.45, 7) is 1.89. The van der Waals surface area contributed by atoms with Gasteiger partial charge in [0, 0.05) is 25.2 Å². The van der Waals surface area contributed by atoms with Gasteiger partial charge in [-0.25, -0.2) is 9.37 Å². The molecule has 1 aromatic heterocycles. The lowest BCUT2D eigenvalue weighted by molar-refractivity contribution is -0.120. The summed E-state index contributed by atoms with van der Waals surface area (Å²) in [5, 5.41) is 2.84. The van der Waals surface area contributed by atoms with Crippen LogP contribution < -0.4 is 5.32 Å². The fourth-order valence-electron chi connectivity index (χ4n) is 2.74. The molecular weight excluding hydrogens is 361 g/mol. The van der Waals surface area contributed by atoms with Crippen molar-refractivity contribution in [1.82, 2.24) is 14.9 Å². The number of hydrogen-bond donors (Lipinski definition) is 1. The molecule has 3 rings (SSSR count). The van der Waals surface area contributed by atoms with E-state index in [1.165, 1.54) is 17.7 Å². The molecule has 2 unspecified atom stereocenters. The van der Waals surface area contributed by atoms with E-state index in [1.807, 2.05) is 55.1 Å². The van der Waals surface area contributed by atoms with Crippen LogP contribution in [0.4, 0.5) is 4.39 Å². The molecule has 0 bridgehead atoms. The van der Waals surface area contributed by atoms with Crippen molar-refractivity contribution in [3.8, 4) is 0 Å². The molecule has 1 amide bonds. The third-order valence-corrected chi connectivity index (χ3v) is 5.53. The molecule has 0 aliphatic heterocycles. The smallest absolute Gasteiger partial charge is 0.233 e. The number of nitrogens with zero attached hydrogens (tertiary/aromatic N) is 2. The van der Waals surface area contributed by atoms with Gasteiger partial charge in [-0.05, 0) is 30.2 Å². The van der Waals surface area contributed by atoms with E-state index in [-0.39, 0.29) is 17.0 Å². The number of imidazole rings is 1. The second-order valence-electron chi connectivity index (χ2n) is 6.33. The summed E-state index contributed by atoms with van der Waals surface area (Å²) in [5.41, 5.74) is 1.97. The largest absolute Gasteiger partial charge is 0.341 e. The van der Waals surface area contributed by atoms with Crippen molar-refractivity contribution in [2.24, 2.45) is 7.05 Å². The Bertz CT molecular complexity index is 880. The van der Waals surface area contributed by atoms with Gasteiger partial charge in [0.15, 0.2) is 0 Å². The molecule has 2 atom stereocenters. The molecule has 0 spiro atoms. The molecule has 3 aromatic rings. The van der Waals surface area contributed by atoms with Gasteiger partial charge in [0.05, 0.1) is 5.25 Å². The van der Waals surface area contributed by atoms with Crippen molar-refractivity contribution in [2.45, 2.75) is 24.0 Å². The number of benzene rings is 2. The summed E-state index contributed by atoms with van der Waals surface area (Å²) < 4.78 is 15.2. The van der Waals surface area contributed by atoms with Crippen LogP contribution in [0, 0.1) is 5.82 Å². The molecule has 0 aliphatic rings. The minimum absolute atomic E-state index is 0.0757. The highest BCUT2D eigenvalue weighted by Crippen LogP contribution is 2.23. The zero-order valence-corrected chi connectivity index (χ0v) is 16.1. The summed E-state index contributed by atoms with van der Waals surface area (Å²) in [6, 6.07) is 15.8. The van der Waals surface area contributed by atoms with Gasteiger partial charge in [-0.1, -0.05) is 42.5 Å². The maximum atomic E-state index is 13.3. The number of rotatable bonds is 7. The topological polar surface area (TPSA) is 46.9 Å². The van der Waals surface area contributed by atoms with E-state index in [0.717, 1.165) is 11.3 Å². The molecule has 0 radical (unpaired) electrons. The fraction of sp³-hybridized carbons (Fsp3) is 0.238. The van der Waals surface area contributed by atoms with Crippen LogP contribution in [0.15, 0.2) is 67.0 Å². The summed E-state index contributed by atoms with van der Waals surface area (Å²) >= 11 is 1.58. The third-order valence-electron chi connectivity index (χ3n) is 4.32. The summed E-state index contributed by atoms with van der Waals surface area (Å²) in [4.78, 5) is 17.1. The van der Waals surface area contributed by atoms with Crippen molar-refractivity contribution in [3.05, 3.63) is 89.8 Å². The number of hydrogen-bond acceptors (Lipinski definition) is 3. The van der Waals surface area contributed by atoms with Crippen LogP contribution in [0.5, 0.6) is 0 Å². The lowest BCUT2D eigenvalue weighted by Gasteiger charge is -2.21. The van der Waals surface area contributed by atoms with Gasteiger partial charge in [-0.3, -0.25) is 4.79 Å². The molecule has 0 saturated heterocycles. The lowest BCUT2D eigenvalue weighted by atomic mass is 10.1. The first kappa shape index (κ1) is 19.2. The number of aryl methyl sites for hydroxylation is 1. The number of halogens is 1. The molecule has 140 valence electrons. The van der Waals surface area contributed by atoms with Crippen LogP contribution in [0.1, 0.15) is 29.9 Å². The van der Waals surface area contributed by atoms with Crippen LogP contribution >= 0.6 is 11.8 Å². The number of amides is 1. The molecule has 0 aliphatic carbocycles. The highest BCUT2D eigenvalue weighted by molar-refractivity contribution is 7.99. The Morgan fingerprint density at radius 2 is 1.89 bits per heavy atom. The van der Waals surface area contributed by atoms with Gasteiger partial charge in [0.2, 0.25) is 5.91 Å². The van der Waals surface area contributed by atoms with Crippen LogP contribution in [0.2, 0.25) is 0 Å². The number of nitrogens with one attached hydrogen (secondary N) is 1. The van der Waals surface area contributed by atoms with E-state index in [1.54, 1.807) is 30.1 Å². The number of carbonyl (C=O) groups is 1. The second kappa shape index (κ2) is 8.86. The van der Waals surface area contributed by atoms with E-state index >= 15 is 0 Å². The molecular formula is C21H22FN3OS. The normalized spacial score (nSPS) is 13.1. The van der Waals surface area contributed by atoms with Crippen LogP contribution in [-0.2, 0) is 17.6 Å². The van der Waals surface area contributed by atoms with Crippen LogP contribution in [0.25, 0.3) is 0 Å². The fourth-order valence-corrected chi connectivity index (χ4v) is 3.59. The zero-order chi connectivity index (χ0) is 19.2. The van der Waals surface area contributed by atoms with Gasteiger partial charge < -0.3 is 9.88 Å². The Kier molecular flexibility index (Phi) is 6.29. The van der Waals surface area contributed by atoms with E-state index < -0.39 is 6.04 Å². The maximum absolute atomic E-state index is 13.3. The maximum Gasteiger partial charge on any atom is 0.233 e. The highest BCUT2D eigenvalue weighted by Gasteiger charge is 2.23. The van der Waals surface area contributed by atoms with E-state index in [4.69, 9.17) is 0 Å². The Labute approximate surface area is 162 Å². The third kappa shape index (κ3) is 4.98. The van der Waals surface area contributed by atoms with E-state index in [9.17, 15) is 9.18 Å². The predicted octanol–water partition coefficient (Wildman–Crippen LogP) is 4.09. The van der Waals surface area contributed by atoms with Gasteiger partial charge >= 0.3 is 0 Å². The highest BCUT2D eigenvalue weighted by atomic mass is 32.2. The number of carbonyl (C=O) groups excluding carboxylic acids is 1. The summed E-state index contributed by atoms with van der Waals surface area (Å²) in [6.07, 6.45) is 3.51. The number of aromatic nitrogens is 2. The van der Waals surface area contributed by atoms with Crippen molar-refractivity contribution in [2.75, 3.05) is 0 Å². The van der Waals surface area contributed by atoms with Gasteiger partial charge in [0.1, 0.15) is 17.7 Å². The monoisotopic (exact) mass is 383 g/mol. The first-order valence-electron chi connectivity index (χ1n) is 8.73. The zero-order valence-electron chi connectivity index (χ0n) is 15.3. The Morgan fingerprint density at radius 3 is 2.52 bits per heavy atom. The number of thioether (sulfide) groups is 1. The second-order valence-corrected chi connectivity index (χ2v) is 7.66. The standard InChI is InChI=1S/C21H22FN3OS/c1-15(27-14-16-6-4-3-5-7-16)21(26)24-19(20-23-12-13-25(20)2)17-8-10-18(22)11-9-17/h3-13,15,19H,14H2,1-2H3,(H,24,26). The van der Waals surface area contributed by atoms with Crippen molar-refractivity contribution in [1.29, 1.82) is 0 Å². The SMILES string of the molecule is CC(SCc1ccccc1)C(=O)NC(c1ccc(F)cc1)c1nccn1C. The summed E-state index contributed by atoms with van der Waals surface area (Å²) in [7, 11) is 1.87. The Morgan fingerprint density at radius 1 is 1.19 bits per heavy atom. The van der Waals surface area contributed by atoms with Crippen LogP contribution in [-0.4, -0.2) is 20.7 Å². The molecule has 4 nitrogen and oxygen atoms in total. The van der Waals surface area contributed by atoms with E-state index in [0.29, 0.717) is 5.82 Å². The average molecular weight is 383 g/mol. The van der Waals surface area contributed by atoms with Crippen LogP contribution in [0.3, 0.4) is 0 Å². The first-order chi connectivity index (χ1) is 13.0. The molecule has 1 N–H and O–H groups in total. The molecule has 6 heteroatoms. The van der Waals surface area contributed by atoms with E-state index in [2.05, 4.69) is 10.3 Å². The minimum Gasteiger partial charge on any atom is -0.341 e.